The maximum absolute atomic E-state index is 13.1. The number of fused-ring (bicyclic) bond motifs is 1. The van der Waals surface area contributed by atoms with Gasteiger partial charge in [0.05, 0.1) is 36.5 Å². The normalized spacial score (nSPS) is 14.7. The monoisotopic (exact) mass is 445 g/mol. The zero-order valence-electron chi connectivity index (χ0n) is 16.6. The highest BCUT2D eigenvalue weighted by Crippen LogP contribution is 2.31. The molecule has 158 valence electrons. The molecule has 3 aromatic rings. The average molecular weight is 446 g/mol. The highest BCUT2D eigenvalue weighted by Gasteiger charge is 2.21. The van der Waals surface area contributed by atoms with Crippen LogP contribution in [0.2, 0.25) is 5.02 Å². The molecule has 1 saturated heterocycles. The Morgan fingerprint density at radius 2 is 2.00 bits per heavy atom. The number of amides is 1. The predicted molar refractivity (Wildman–Crippen MR) is 121 cm³/mol. The van der Waals surface area contributed by atoms with Crippen LogP contribution in [0.15, 0.2) is 48.5 Å². The van der Waals surface area contributed by atoms with Gasteiger partial charge in [0, 0.05) is 31.2 Å². The van der Waals surface area contributed by atoms with Crippen LogP contribution in [-0.4, -0.2) is 61.8 Å². The van der Waals surface area contributed by atoms with Crippen LogP contribution in [0, 0.1) is 0 Å². The van der Waals surface area contributed by atoms with Crippen LogP contribution in [0.4, 0.5) is 5.13 Å². The maximum Gasteiger partial charge on any atom is 0.232 e. The lowest BCUT2D eigenvalue weighted by molar-refractivity contribution is -0.119. The average Bonchev–Trinajstić information content (AvgIpc) is 3.18. The van der Waals surface area contributed by atoms with Crippen LogP contribution in [0.3, 0.4) is 0 Å². The predicted octanol–water partition coefficient (Wildman–Crippen LogP) is 4.08. The molecule has 1 fully saturated rings. The van der Waals surface area contributed by atoms with Crippen molar-refractivity contribution in [3.05, 3.63) is 53.6 Å². The van der Waals surface area contributed by atoms with Gasteiger partial charge in [-0.15, -0.1) is 0 Å². The lowest BCUT2D eigenvalue weighted by Crippen LogP contribution is -2.43. The molecular formula is C22H24ClN3O3S. The first-order valence-electron chi connectivity index (χ1n) is 10.0. The number of hydrogen-bond acceptors (Lipinski definition) is 6. The molecule has 0 unspecified atom stereocenters. The van der Waals surface area contributed by atoms with Gasteiger partial charge >= 0.3 is 0 Å². The summed E-state index contributed by atoms with van der Waals surface area (Å²) in [5, 5.41) is 1.37. The number of morpholine rings is 1. The van der Waals surface area contributed by atoms with E-state index in [1.54, 1.807) is 4.90 Å². The molecule has 2 aromatic carbocycles. The summed E-state index contributed by atoms with van der Waals surface area (Å²) in [4.78, 5) is 21.9. The minimum atomic E-state index is 0.00402. The molecule has 30 heavy (non-hydrogen) atoms. The summed E-state index contributed by atoms with van der Waals surface area (Å²) < 4.78 is 12.1. The van der Waals surface area contributed by atoms with Crippen LogP contribution in [0.25, 0.3) is 10.2 Å². The molecule has 1 aromatic heterocycles. The molecule has 1 amide bonds. The van der Waals surface area contributed by atoms with Gasteiger partial charge in [-0.05, 0) is 30.3 Å². The number of anilines is 1. The molecule has 0 bridgehead atoms. The molecule has 0 spiro atoms. The molecule has 0 radical (unpaired) electrons. The first-order valence-corrected chi connectivity index (χ1v) is 11.2. The van der Waals surface area contributed by atoms with E-state index in [1.807, 2.05) is 48.5 Å². The van der Waals surface area contributed by atoms with E-state index in [-0.39, 0.29) is 12.3 Å². The topological polar surface area (TPSA) is 54.9 Å². The van der Waals surface area contributed by atoms with E-state index in [0.717, 1.165) is 48.8 Å². The van der Waals surface area contributed by atoms with E-state index < -0.39 is 0 Å². The summed E-state index contributed by atoms with van der Waals surface area (Å²) >= 11 is 7.61. The van der Waals surface area contributed by atoms with Crippen molar-refractivity contribution in [1.82, 2.24) is 9.88 Å². The molecule has 1 aliphatic heterocycles. The molecule has 8 heteroatoms. The first kappa shape index (κ1) is 21.1. The summed E-state index contributed by atoms with van der Waals surface area (Å²) in [5.41, 5.74) is 0.851. The second kappa shape index (κ2) is 10.2. The number of rotatable bonds is 8. The van der Waals surface area contributed by atoms with Crippen molar-refractivity contribution in [3.8, 4) is 5.75 Å². The maximum atomic E-state index is 13.1. The Bertz CT molecular complexity index is 976. The van der Waals surface area contributed by atoms with E-state index >= 15 is 0 Å². The third-order valence-electron chi connectivity index (χ3n) is 4.94. The van der Waals surface area contributed by atoms with Crippen molar-refractivity contribution < 1.29 is 14.3 Å². The zero-order chi connectivity index (χ0) is 20.8. The molecule has 6 nitrogen and oxygen atoms in total. The van der Waals surface area contributed by atoms with Crippen LogP contribution in [-0.2, 0) is 9.53 Å². The third-order valence-corrected chi connectivity index (χ3v) is 6.22. The van der Waals surface area contributed by atoms with Gasteiger partial charge < -0.3 is 9.47 Å². The minimum Gasteiger partial charge on any atom is -0.493 e. The summed E-state index contributed by atoms with van der Waals surface area (Å²) in [6.45, 7) is 4.93. The Balaban J connectivity index is 1.45. The van der Waals surface area contributed by atoms with Crippen molar-refractivity contribution in [2.24, 2.45) is 0 Å². The number of ether oxygens (including phenoxy) is 2. The summed E-state index contributed by atoms with van der Waals surface area (Å²) in [6.07, 6.45) is 0.286. The van der Waals surface area contributed by atoms with Gasteiger partial charge in [-0.2, -0.15) is 0 Å². The van der Waals surface area contributed by atoms with Gasteiger partial charge in [-0.3, -0.25) is 14.6 Å². The number of halogens is 1. The minimum absolute atomic E-state index is 0.00402. The number of benzene rings is 2. The van der Waals surface area contributed by atoms with Gasteiger partial charge in [0.1, 0.15) is 5.75 Å². The van der Waals surface area contributed by atoms with Gasteiger partial charge in [0.15, 0.2) is 5.13 Å². The molecule has 0 saturated carbocycles. The fourth-order valence-corrected chi connectivity index (χ4v) is 4.59. The van der Waals surface area contributed by atoms with Crippen LogP contribution < -0.4 is 9.64 Å². The Morgan fingerprint density at radius 3 is 2.80 bits per heavy atom. The Labute approximate surface area is 185 Å². The van der Waals surface area contributed by atoms with Crippen molar-refractivity contribution >= 4 is 44.2 Å². The second-order valence-corrected chi connectivity index (χ2v) is 8.46. The summed E-state index contributed by atoms with van der Waals surface area (Å²) in [6, 6.07) is 15.1. The Hall–Kier alpha value is -2.19. The fraction of sp³-hybridized carbons (Fsp3) is 0.364. The first-order chi connectivity index (χ1) is 14.7. The molecule has 0 N–H and O–H groups in total. The number of aromatic nitrogens is 1. The largest absolute Gasteiger partial charge is 0.493 e. The Kier molecular flexibility index (Phi) is 7.17. The molecule has 2 heterocycles. The molecular weight excluding hydrogens is 422 g/mol. The quantitative estimate of drug-likeness (QED) is 0.522. The van der Waals surface area contributed by atoms with E-state index in [9.17, 15) is 4.79 Å². The van der Waals surface area contributed by atoms with Gasteiger partial charge in [0.2, 0.25) is 5.91 Å². The third kappa shape index (κ3) is 5.49. The molecule has 4 rings (SSSR count). The number of thiazole rings is 1. The van der Waals surface area contributed by atoms with E-state index in [4.69, 9.17) is 21.1 Å². The Morgan fingerprint density at radius 1 is 1.20 bits per heavy atom. The molecule has 0 aliphatic carbocycles. The van der Waals surface area contributed by atoms with E-state index in [1.165, 1.54) is 11.3 Å². The number of nitrogens with zero attached hydrogens (tertiary/aromatic N) is 3. The number of carbonyl (C=O) groups excluding carboxylic acids is 1. The van der Waals surface area contributed by atoms with Crippen LogP contribution >= 0.6 is 22.9 Å². The van der Waals surface area contributed by atoms with E-state index in [0.29, 0.717) is 23.3 Å². The summed E-state index contributed by atoms with van der Waals surface area (Å²) in [7, 11) is 0. The van der Waals surface area contributed by atoms with Crippen LogP contribution in [0.1, 0.15) is 6.42 Å². The number of hydrogen-bond donors (Lipinski definition) is 0. The number of para-hydroxylation sites is 1. The van der Waals surface area contributed by atoms with Crippen molar-refractivity contribution in [1.29, 1.82) is 0 Å². The standard InChI is InChI=1S/C22H24ClN3O3S/c23-17-6-7-19-20(16-17)30-22(24-19)26(10-9-25-11-14-28-15-12-25)21(27)8-13-29-18-4-2-1-3-5-18/h1-7,16H,8-15H2. The van der Waals surface area contributed by atoms with Gasteiger partial charge in [0.25, 0.3) is 0 Å². The fourth-order valence-electron chi connectivity index (χ4n) is 3.30. The van der Waals surface area contributed by atoms with Gasteiger partial charge in [-0.1, -0.05) is 41.1 Å². The smallest absolute Gasteiger partial charge is 0.232 e. The zero-order valence-corrected chi connectivity index (χ0v) is 18.2. The van der Waals surface area contributed by atoms with Crippen molar-refractivity contribution in [3.63, 3.8) is 0 Å². The lowest BCUT2D eigenvalue weighted by Gasteiger charge is -2.29. The summed E-state index contributed by atoms with van der Waals surface area (Å²) in [5.74, 6) is 0.768. The number of carbonyl (C=O) groups is 1. The van der Waals surface area contributed by atoms with E-state index in [2.05, 4.69) is 9.88 Å². The van der Waals surface area contributed by atoms with Crippen molar-refractivity contribution in [2.45, 2.75) is 6.42 Å². The van der Waals surface area contributed by atoms with Crippen molar-refractivity contribution in [2.75, 3.05) is 50.9 Å². The van der Waals surface area contributed by atoms with Gasteiger partial charge in [-0.25, -0.2) is 4.98 Å². The SMILES string of the molecule is O=C(CCOc1ccccc1)N(CCN1CCOCC1)c1nc2ccc(Cl)cc2s1. The lowest BCUT2D eigenvalue weighted by atomic mass is 10.3. The molecule has 0 atom stereocenters. The second-order valence-electron chi connectivity index (χ2n) is 7.02. The highest BCUT2D eigenvalue weighted by atomic mass is 35.5. The molecule has 1 aliphatic rings. The highest BCUT2D eigenvalue weighted by molar-refractivity contribution is 7.22. The van der Waals surface area contributed by atoms with Crippen LogP contribution in [0.5, 0.6) is 5.75 Å².